The van der Waals surface area contributed by atoms with Crippen molar-refractivity contribution in [2.75, 3.05) is 26.7 Å². The van der Waals surface area contributed by atoms with Crippen LogP contribution in [0.4, 0.5) is 4.39 Å². The highest BCUT2D eigenvalue weighted by atomic mass is 32.1. The van der Waals surface area contributed by atoms with Crippen LogP contribution in [0.2, 0.25) is 0 Å². The highest BCUT2D eigenvalue weighted by Gasteiger charge is 2.35. The van der Waals surface area contributed by atoms with E-state index >= 15 is 0 Å². The molecule has 0 N–H and O–H groups in total. The van der Waals surface area contributed by atoms with Crippen molar-refractivity contribution in [3.63, 3.8) is 0 Å². The third kappa shape index (κ3) is 6.01. The van der Waals surface area contributed by atoms with Crippen LogP contribution in [0.5, 0.6) is 5.75 Å². The lowest BCUT2D eigenvalue weighted by Gasteiger charge is -2.28. The lowest BCUT2D eigenvalue weighted by Crippen LogP contribution is -2.35. The molecule has 1 aliphatic heterocycles. The van der Waals surface area contributed by atoms with E-state index in [1.54, 1.807) is 26.2 Å². The predicted octanol–water partition coefficient (Wildman–Crippen LogP) is 5.47. The number of amides is 1. The van der Waals surface area contributed by atoms with Gasteiger partial charge in [0.15, 0.2) is 0 Å². The van der Waals surface area contributed by atoms with Crippen molar-refractivity contribution < 1.29 is 13.9 Å². The zero-order chi connectivity index (χ0) is 23.4. The third-order valence-corrected chi connectivity index (χ3v) is 7.41. The summed E-state index contributed by atoms with van der Waals surface area (Å²) in [5.74, 6) is 1.26. The average molecular weight is 467 g/mol. The molecule has 6 heteroatoms. The molecule has 0 aliphatic carbocycles. The number of aryl methyl sites for hydroxylation is 1. The molecule has 2 aromatic carbocycles. The number of thiophene rings is 1. The molecule has 33 heavy (non-hydrogen) atoms. The maximum Gasteiger partial charge on any atom is 0.219 e. The number of rotatable bonds is 8. The van der Waals surface area contributed by atoms with E-state index in [1.807, 2.05) is 28.4 Å². The van der Waals surface area contributed by atoms with Gasteiger partial charge in [0.2, 0.25) is 5.91 Å². The molecule has 1 aliphatic rings. The molecule has 1 amide bonds. The van der Waals surface area contributed by atoms with Crippen molar-refractivity contribution in [1.82, 2.24) is 9.80 Å². The molecule has 4 nitrogen and oxygen atoms in total. The van der Waals surface area contributed by atoms with Crippen LogP contribution >= 0.6 is 11.3 Å². The lowest BCUT2D eigenvalue weighted by atomic mass is 9.88. The Labute approximate surface area is 199 Å². The van der Waals surface area contributed by atoms with E-state index in [0.29, 0.717) is 24.9 Å². The number of likely N-dealkylation sites (tertiary alicyclic amines) is 1. The Morgan fingerprint density at radius 2 is 1.82 bits per heavy atom. The number of methoxy groups -OCH3 is 1. The van der Waals surface area contributed by atoms with Crippen LogP contribution in [0.15, 0.2) is 60.7 Å². The Balaban J connectivity index is 1.53. The first-order valence-corrected chi connectivity index (χ1v) is 12.1. The molecule has 1 aromatic heterocycles. The van der Waals surface area contributed by atoms with Gasteiger partial charge >= 0.3 is 0 Å². The molecule has 1 saturated heterocycles. The second-order valence-corrected chi connectivity index (χ2v) is 10.2. The van der Waals surface area contributed by atoms with Crippen LogP contribution < -0.4 is 4.74 Å². The maximum atomic E-state index is 13.3. The number of ether oxygens (including phenoxy) is 1. The fourth-order valence-electron chi connectivity index (χ4n) is 4.69. The number of halogens is 1. The summed E-state index contributed by atoms with van der Waals surface area (Å²) in [6.45, 7) is 7.74. The Morgan fingerprint density at radius 3 is 2.42 bits per heavy atom. The third-order valence-electron chi connectivity index (χ3n) is 6.42. The number of benzene rings is 2. The Hall–Kier alpha value is -2.70. The molecule has 0 unspecified atom stereocenters. The Morgan fingerprint density at radius 1 is 1.09 bits per heavy atom. The zero-order valence-corrected chi connectivity index (χ0v) is 20.3. The summed E-state index contributed by atoms with van der Waals surface area (Å²) in [5, 5.41) is 0. The van der Waals surface area contributed by atoms with Crippen LogP contribution in [0.25, 0.3) is 0 Å². The van der Waals surface area contributed by atoms with Gasteiger partial charge in [0.25, 0.3) is 0 Å². The highest BCUT2D eigenvalue weighted by Crippen LogP contribution is 2.35. The summed E-state index contributed by atoms with van der Waals surface area (Å²) in [6, 6.07) is 19.1. The molecule has 0 spiro atoms. The second-order valence-electron chi connectivity index (χ2n) is 8.87. The van der Waals surface area contributed by atoms with E-state index in [1.165, 1.54) is 27.5 Å². The Kier molecular flexibility index (Phi) is 7.46. The van der Waals surface area contributed by atoms with Crippen LogP contribution in [0, 0.1) is 18.7 Å². The summed E-state index contributed by atoms with van der Waals surface area (Å²) in [6.07, 6.45) is 0. The van der Waals surface area contributed by atoms with Crippen molar-refractivity contribution >= 4 is 17.2 Å². The molecule has 0 radical (unpaired) electrons. The first-order chi connectivity index (χ1) is 15.9. The SMILES string of the molecule is COc1ccc([C@H]2CN(Cc3ccc(C)s3)C[C@H]2CN(Cc2ccc(F)cc2)C(C)=O)cc1. The number of hydrogen-bond acceptors (Lipinski definition) is 4. The van der Waals surface area contributed by atoms with Gasteiger partial charge in [-0.2, -0.15) is 0 Å². The molecular formula is C27H31FN2O2S. The first-order valence-electron chi connectivity index (χ1n) is 11.3. The molecule has 2 heterocycles. The van der Waals surface area contributed by atoms with Gasteiger partial charge in [-0.1, -0.05) is 24.3 Å². The monoisotopic (exact) mass is 466 g/mol. The fraction of sp³-hybridized carbons (Fsp3) is 0.370. The van der Waals surface area contributed by atoms with Gasteiger partial charge in [0.1, 0.15) is 11.6 Å². The van der Waals surface area contributed by atoms with Crippen molar-refractivity contribution in [2.24, 2.45) is 5.92 Å². The number of hydrogen-bond donors (Lipinski definition) is 0. The van der Waals surface area contributed by atoms with Gasteiger partial charge in [-0.15, -0.1) is 11.3 Å². The first kappa shape index (κ1) is 23.5. The van der Waals surface area contributed by atoms with Gasteiger partial charge in [0.05, 0.1) is 7.11 Å². The summed E-state index contributed by atoms with van der Waals surface area (Å²) < 4.78 is 18.7. The van der Waals surface area contributed by atoms with Gasteiger partial charge in [-0.05, 0) is 60.4 Å². The molecule has 0 bridgehead atoms. The van der Waals surface area contributed by atoms with Crippen LogP contribution in [0.1, 0.15) is 33.7 Å². The van der Waals surface area contributed by atoms with E-state index in [9.17, 15) is 9.18 Å². The average Bonchev–Trinajstić information content (AvgIpc) is 3.40. The van der Waals surface area contributed by atoms with E-state index in [-0.39, 0.29) is 11.7 Å². The van der Waals surface area contributed by atoms with Crippen LogP contribution in [-0.4, -0.2) is 42.5 Å². The molecule has 3 aromatic rings. The lowest BCUT2D eigenvalue weighted by molar-refractivity contribution is -0.130. The van der Waals surface area contributed by atoms with Gasteiger partial charge in [-0.25, -0.2) is 4.39 Å². The summed E-state index contributed by atoms with van der Waals surface area (Å²) in [7, 11) is 1.68. The topological polar surface area (TPSA) is 32.8 Å². The maximum absolute atomic E-state index is 13.3. The van der Waals surface area contributed by atoms with E-state index in [0.717, 1.165) is 30.9 Å². The zero-order valence-electron chi connectivity index (χ0n) is 19.5. The molecular weight excluding hydrogens is 435 g/mol. The quantitative estimate of drug-likeness (QED) is 0.441. The second kappa shape index (κ2) is 10.5. The normalized spacial score (nSPS) is 18.4. The van der Waals surface area contributed by atoms with Crippen molar-refractivity contribution in [3.8, 4) is 5.75 Å². The van der Waals surface area contributed by atoms with E-state index in [4.69, 9.17) is 4.74 Å². The molecule has 0 saturated carbocycles. The van der Waals surface area contributed by atoms with Crippen molar-refractivity contribution in [2.45, 2.75) is 32.9 Å². The number of carbonyl (C=O) groups excluding carboxylic acids is 1. The molecule has 1 fully saturated rings. The highest BCUT2D eigenvalue weighted by molar-refractivity contribution is 7.11. The van der Waals surface area contributed by atoms with E-state index in [2.05, 4.69) is 36.1 Å². The predicted molar refractivity (Wildman–Crippen MR) is 131 cm³/mol. The minimum atomic E-state index is -0.261. The summed E-state index contributed by atoms with van der Waals surface area (Å²) in [5.41, 5.74) is 2.22. The van der Waals surface area contributed by atoms with Gasteiger partial charge in [0, 0.05) is 55.3 Å². The molecule has 4 rings (SSSR count). The smallest absolute Gasteiger partial charge is 0.219 e. The molecule has 174 valence electrons. The van der Waals surface area contributed by atoms with Crippen molar-refractivity contribution in [3.05, 3.63) is 87.4 Å². The summed E-state index contributed by atoms with van der Waals surface area (Å²) in [4.78, 5) is 19.6. The fourth-order valence-corrected chi connectivity index (χ4v) is 5.62. The van der Waals surface area contributed by atoms with Gasteiger partial charge < -0.3 is 9.64 Å². The minimum Gasteiger partial charge on any atom is -0.497 e. The molecule has 2 atom stereocenters. The minimum absolute atomic E-state index is 0.0418. The summed E-state index contributed by atoms with van der Waals surface area (Å²) >= 11 is 1.85. The van der Waals surface area contributed by atoms with Gasteiger partial charge in [-0.3, -0.25) is 9.69 Å². The Bertz CT molecular complexity index is 1060. The van der Waals surface area contributed by atoms with Crippen LogP contribution in [-0.2, 0) is 17.9 Å². The van der Waals surface area contributed by atoms with Crippen molar-refractivity contribution in [1.29, 1.82) is 0 Å². The largest absolute Gasteiger partial charge is 0.497 e. The number of carbonyl (C=O) groups is 1. The standard InChI is InChI=1S/C27H31FN2O2S/c1-19-4-13-26(33-19)17-29-15-23(27(18-29)22-7-11-25(32-3)12-8-22)16-30(20(2)31)14-21-5-9-24(28)10-6-21/h4-13,23,27H,14-18H2,1-3H3/t23-,27+/m0/s1. The van der Waals surface area contributed by atoms with Crippen LogP contribution in [0.3, 0.4) is 0 Å². The number of nitrogens with zero attached hydrogens (tertiary/aromatic N) is 2. The van der Waals surface area contributed by atoms with E-state index < -0.39 is 0 Å².